The van der Waals surface area contributed by atoms with Gasteiger partial charge >= 0.3 is 0 Å². The van der Waals surface area contributed by atoms with E-state index >= 15 is 0 Å². The molecule has 0 saturated heterocycles. The fourth-order valence-electron chi connectivity index (χ4n) is 3.15. The molecule has 0 atom stereocenters. The summed E-state index contributed by atoms with van der Waals surface area (Å²) in [5.74, 6) is 2.10. The van der Waals surface area contributed by atoms with Crippen LogP contribution in [0.4, 0.5) is 0 Å². The van der Waals surface area contributed by atoms with Crippen molar-refractivity contribution in [2.75, 3.05) is 6.54 Å². The van der Waals surface area contributed by atoms with E-state index in [1.54, 1.807) is 0 Å². The van der Waals surface area contributed by atoms with Crippen molar-refractivity contribution in [3.05, 3.63) is 0 Å². The topological polar surface area (TPSA) is 12.0 Å². The van der Waals surface area contributed by atoms with Crippen molar-refractivity contribution in [1.29, 1.82) is 0 Å². The Morgan fingerprint density at radius 3 is 2.43 bits per heavy atom. The standard InChI is InChI=1S/C13H25N/c1-2-5-11-8-12(9-11)10-14-13-6-3-4-7-13/h11-14H,2-10H2,1H3. The summed E-state index contributed by atoms with van der Waals surface area (Å²) in [6.07, 6.45) is 11.7. The van der Waals surface area contributed by atoms with Gasteiger partial charge in [-0.3, -0.25) is 0 Å². The molecule has 1 N–H and O–H groups in total. The molecule has 0 unspecified atom stereocenters. The summed E-state index contributed by atoms with van der Waals surface area (Å²) in [7, 11) is 0. The lowest BCUT2D eigenvalue weighted by molar-refractivity contribution is 0.172. The summed E-state index contributed by atoms with van der Waals surface area (Å²) in [5.41, 5.74) is 0. The fraction of sp³-hybridized carbons (Fsp3) is 1.00. The molecule has 0 aromatic carbocycles. The number of nitrogens with one attached hydrogen (secondary N) is 1. The number of hydrogen-bond donors (Lipinski definition) is 1. The van der Waals surface area contributed by atoms with Gasteiger partial charge in [0.05, 0.1) is 0 Å². The zero-order chi connectivity index (χ0) is 9.80. The fourth-order valence-corrected chi connectivity index (χ4v) is 3.15. The quantitative estimate of drug-likeness (QED) is 0.709. The van der Waals surface area contributed by atoms with Gasteiger partial charge in [0, 0.05) is 6.04 Å². The Morgan fingerprint density at radius 1 is 1.07 bits per heavy atom. The maximum absolute atomic E-state index is 3.75. The summed E-state index contributed by atoms with van der Waals surface area (Å²) in [6, 6.07) is 0.875. The van der Waals surface area contributed by atoms with E-state index < -0.39 is 0 Å². The number of hydrogen-bond acceptors (Lipinski definition) is 1. The third kappa shape index (κ3) is 2.73. The molecule has 2 aliphatic carbocycles. The Morgan fingerprint density at radius 2 is 1.79 bits per heavy atom. The van der Waals surface area contributed by atoms with E-state index in [0.29, 0.717) is 0 Å². The van der Waals surface area contributed by atoms with Gasteiger partial charge in [-0.05, 0) is 44.1 Å². The Balaban J connectivity index is 1.51. The first-order chi connectivity index (χ1) is 6.88. The Kier molecular flexibility index (Phi) is 3.86. The van der Waals surface area contributed by atoms with E-state index in [-0.39, 0.29) is 0 Å². The predicted octanol–water partition coefficient (Wildman–Crippen LogP) is 3.34. The molecule has 0 bridgehead atoms. The normalized spacial score (nSPS) is 33.2. The highest BCUT2D eigenvalue weighted by molar-refractivity contribution is 4.83. The molecule has 0 aromatic rings. The second-order valence-corrected chi connectivity index (χ2v) is 5.38. The van der Waals surface area contributed by atoms with Crippen LogP contribution in [-0.4, -0.2) is 12.6 Å². The van der Waals surface area contributed by atoms with E-state index in [2.05, 4.69) is 12.2 Å². The van der Waals surface area contributed by atoms with Gasteiger partial charge in [0.2, 0.25) is 0 Å². The van der Waals surface area contributed by atoms with Crippen LogP contribution in [0.5, 0.6) is 0 Å². The van der Waals surface area contributed by atoms with E-state index in [1.165, 1.54) is 57.9 Å². The van der Waals surface area contributed by atoms with Crippen molar-refractivity contribution in [3.63, 3.8) is 0 Å². The average Bonchev–Trinajstić information content (AvgIpc) is 2.61. The molecular formula is C13H25N. The Labute approximate surface area is 88.7 Å². The van der Waals surface area contributed by atoms with Crippen molar-refractivity contribution in [2.24, 2.45) is 11.8 Å². The van der Waals surface area contributed by atoms with Gasteiger partial charge in [-0.2, -0.15) is 0 Å². The van der Waals surface area contributed by atoms with Gasteiger partial charge in [-0.25, -0.2) is 0 Å². The lowest BCUT2D eigenvalue weighted by Crippen LogP contribution is -2.37. The molecule has 14 heavy (non-hydrogen) atoms. The maximum Gasteiger partial charge on any atom is 0.00671 e. The Bertz CT molecular complexity index is 155. The maximum atomic E-state index is 3.75. The van der Waals surface area contributed by atoms with Gasteiger partial charge in [0.15, 0.2) is 0 Å². The van der Waals surface area contributed by atoms with Gasteiger partial charge in [0.1, 0.15) is 0 Å². The molecular weight excluding hydrogens is 170 g/mol. The lowest BCUT2D eigenvalue weighted by Gasteiger charge is -2.36. The van der Waals surface area contributed by atoms with E-state index in [9.17, 15) is 0 Å². The smallest absolute Gasteiger partial charge is 0.00671 e. The van der Waals surface area contributed by atoms with E-state index in [1.807, 2.05) is 0 Å². The molecule has 0 heterocycles. The molecule has 0 spiro atoms. The molecule has 0 aliphatic heterocycles. The van der Waals surface area contributed by atoms with Crippen LogP contribution >= 0.6 is 0 Å². The minimum Gasteiger partial charge on any atom is -0.314 e. The van der Waals surface area contributed by atoms with Crippen molar-refractivity contribution in [3.8, 4) is 0 Å². The van der Waals surface area contributed by atoms with Gasteiger partial charge in [-0.15, -0.1) is 0 Å². The highest BCUT2D eigenvalue weighted by atomic mass is 14.9. The zero-order valence-electron chi connectivity index (χ0n) is 9.60. The third-order valence-corrected chi connectivity index (χ3v) is 4.08. The summed E-state index contributed by atoms with van der Waals surface area (Å²) in [6.45, 7) is 3.62. The molecule has 1 heteroatoms. The molecule has 2 fully saturated rings. The molecule has 1 nitrogen and oxygen atoms in total. The first kappa shape index (κ1) is 10.5. The minimum atomic E-state index is 0.875. The largest absolute Gasteiger partial charge is 0.314 e. The van der Waals surface area contributed by atoms with Crippen LogP contribution in [0, 0.1) is 11.8 Å². The molecule has 0 aromatic heterocycles. The van der Waals surface area contributed by atoms with E-state index in [0.717, 1.165) is 17.9 Å². The minimum absolute atomic E-state index is 0.875. The van der Waals surface area contributed by atoms with Crippen LogP contribution < -0.4 is 5.32 Å². The summed E-state index contributed by atoms with van der Waals surface area (Å²) in [5, 5.41) is 3.75. The molecule has 2 aliphatic rings. The third-order valence-electron chi connectivity index (χ3n) is 4.08. The van der Waals surface area contributed by atoms with Crippen molar-refractivity contribution >= 4 is 0 Å². The first-order valence-electron chi connectivity index (χ1n) is 6.62. The summed E-state index contributed by atoms with van der Waals surface area (Å²) in [4.78, 5) is 0. The molecule has 2 saturated carbocycles. The zero-order valence-corrected chi connectivity index (χ0v) is 9.60. The highest BCUT2D eigenvalue weighted by Gasteiger charge is 2.28. The van der Waals surface area contributed by atoms with Crippen LogP contribution in [0.15, 0.2) is 0 Å². The molecule has 2 rings (SSSR count). The molecule has 0 radical (unpaired) electrons. The lowest BCUT2D eigenvalue weighted by atomic mass is 9.73. The van der Waals surface area contributed by atoms with Crippen molar-refractivity contribution in [2.45, 2.75) is 64.3 Å². The van der Waals surface area contributed by atoms with Crippen LogP contribution in [0.2, 0.25) is 0 Å². The van der Waals surface area contributed by atoms with Crippen LogP contribution in [0.3, 0.4) is 0 Å². The molecule has 0 amide bonds. The van der Waals surface area contributed by atoms with Crippen molar-refractivity contribution in [1.82, 2.24) is 5.32 Å². The summed E-state index contributed by atoms with van der Waals surface area (Å²) < 4.78 is 0. The highest BCUT2D eigenvalue weighted by Crippen LogP contribution is 2.36. The second kappa shape index (κ2) is 5.16. The second-order valence-electron chi connectivity index (χ2n) is 5.38. The SMILES string of the molecule is CCCC1CC(CNC2CCCC2)C1. The Hall–Kier alpha value is -0.0400. The monoisotopic (exact) mass is 195 g/mol. The van der Waals surface area contributed by atoms with Crippen LogP contribution in [0.25, 0.3) is 0 Å². The average molecular weight is 195 g/mol. The number of rotatable bonds is 5. The first-order valence-corrected chi connectivity index (χ1v) is 6.62. The van der Waals surface area contributed by atoms with Gasteiger partial charge in [-0.1, -0.05) is 32.6 Å². The van der Waals surface area contributed by atoms with Gasteiger partial charge in [0.25, 0.3) is 0 Å². The van der Waals surface area contributed by atoms with Crippen LogP contribution in [-0.2, 0) is 0 Å². The van der Waals surface area contributed by atoms with Crippen molar-refractivity contribution < 1.29 is 0 Å². The van der Waals surface area contributed by atoms with E-state index in [4.69, 9.17) is 0 Å². The molecule has 82 valence electrons. The summed E-state index contributed by atoms with van der Waals surface area (Å²) >= 11 is 0. The van der Waals surface area contributed by atoms with Gasteiger partial charge < -0.3 is 5.32 Å². The van der Waals surface area contributed by atoms with Crippen LogP contribution in [0.1, 0.15) is 58.3 Å². The predicted molar refractivity (Wildman–Crippen MR) is 61.4 cm³/mol.